The number of fused-ring (bicyclic) bond motifs is 1. The normalized spacial score (nSPS) is 16.7. The van der Waals surface area contributed by atoms with Crippen molar-refractivity contribution in [2.24, 2.45) is 0 Å². The largest absolute Gasteiger partial charge is 0.489 e. The molecule has 1 aromatic heterocycles. The summed E-state index contributed by atoms with van der Waals surface area (Å²) in [5.74, 6) is 1.37. The van der Waals surface area contributed by atoms with Gasteiger partial charge in [-0.3, -0.25) is 4.79 Å². The van der Waals surface area contributed by atoms with Crippen LogP contribution >= 0.6 is 0 Å². The van der Waals surface area contributed by atoms with Gasteiger partial charge in [0.2, 0.25) is 0 Å². The Hall–Kier alpha value is -3.90. The summed E-state index contributed by atoms with van der Waals surface area (Å²) in [7, 11) is 0. The molecule has 4 aromatic rings. The summed E-state index contributed by atoms with van der Waals surface area (Å²) in [4.78, 5) is 22.2. The van der Waals surface area contributed by atoms with E-state index in [1.54, 1.807) is 6.20 Å². The van der Waals surface area contributed by atoms with Gasteiger partial charge in [-0.15, -0.1) is 0 Å². The van der Waals surface area contributed by atoms with Crippen molar-refractivity contribution >= 4 is 22.5 Å². The first-order valence-corrected chi connectivity index (χ1v) is 13.6. The second-order valence-electron chi connectivity index (χ2n) is 10.4. The monoisotopic (exact) mass is 506 g/mol. The number of rotatable bonds is 6. The Bertz CT molecular complexity index is 1420. The highest BCUT2D eigenvalue weighted by Gasteiger charge is 2.28. The van der Waals surface area contributed by atoms with Crippen LogP contribution < -0.4 is 10.5 Å². The number of pyridine rings is 1. The lowest BCUT2D eigenvalue weighted by Gasteiger charge is -2.36. The number of ether oxygens (including phenoxy) is 1. The number of piperidine rings is 1. The van der Waals surface area contributed by atoms with Gasteiger partial charge in [0.05, 0.1) is 0 Å². The van der Waals surface area contributed by atoms with E-state index in [1.807, 2.05) is 59.5 Å². The number of amides is 1. The van der Waals surface area contributed by atoms with Gasteiger partial charge < -0.3 is 20.3 Å². The van der Waals surface area contributed by atoms with E-state index in [-0.39, 0.29) is 5.91 Å². The topological polar surface area (TPSA) is 71.7 Å². The first kappa shape index (κ1) is 24.4. The molecule has 2 aliphatic heterocycles. The minimum Gasteiger partial charge on any atom is -0.489 e. The van der Waals surface area contributed by atoms with Crippen LogP contribution in [0.5, 0.6) is 5.75 Å². The number of carbonyl (C=O) groups excluding carboxylic acids is 1. The van der Waals surface area contributed by atoms with Crippen molar-refractivity contribution in [3.8, 4) is 16.9 Å². The number of aromatic nitrogens is 1. The number of anilines is 1. The molecule has 3 heterocycles. The molecule has 6 rings (SSSR count). The van der Waals surface area contributed by atoms with Gasteiger partial charge in [-0.1, -0.05) is 42.5 Å². The smallest absolute Gasteiger partial charge is 0.253 e. The van der Waals surface area contributed by atoms with Gasteiger partial charge in [0.25, 0.3) is 5.91 Å². The average Bonchev–Trinajstić information content (AvgIpc) is 3.52. The van der Waals surface area contributed by atoms with Gasteiger partial charge in [-0.2, -0.15) is 0 Å². The Morgan fingerprint density at radius 2 is 1.61 bits per heavy atom. The number of benzene rings is 3. The Labute approximate surface area is 224 Å². The molecule has 3 aromatic carbocycles. The van der Waals surface area contributed by atoms with Gasteiger partial charge in [-0.25, -0.2) is 4.98 Å². The van der Waals surface area contributed by atoms with Crippen LogP contribution in [0, 0.1) is 0 Å². The van der Waals surface area contributed by atoms with Crippen LogP contribution in [0.15, 0.2) is 79.0 Å². The Morgan fingerprint density at radius 1 is 0.868 bits per heavy atom. The summed E-state index contributed by atoms with van der Waals surface area (Å²) >= 11 is 0. The third-order valence-corrected chi connectivity index (χ3v) is 7.99. The number of nitrogen functional groups attached to an aromatic ring is 1. The summed E-state index contributed by atoms with van der Waals surface area (Å²) in [6, 6.07) is 24.8. The van der Waals surface area contributed by atoms with Crippen molar-refractivity contribution in [1.82, 2.24) is 14.8 Å². The quantitative estimate of drug-likeness (QED) is 0.360. The van der Waals surface area contributed by atoms with Crippen LogP contribution in [0.1, 0.15) is 41.6 Å². The zero-order chi connectivity index (χ0) is 25.9. The zero-order valence-corrected chi connectivity index (χ0v) is 21.7. The molecule has 0 radical (unpaired) electrons. The molecular weight excluding hydrogens is 472 g/mol. The molecule has 0 unspecified atom stereocenters. The van der Waals surface area contributed by atoms with Crippen LogP contribution in [-0.2, 0) is 6.61 Å². The van der Waals surface area contributed by atoms with Gasteiger partial charge in [0, 0.05) is 42.0 Å². The minimum atomic E-state index is 0.122. The van der Waals surface area contributed by atoms with E-state index >= 15 is 0 Å². The Kier molecular flexibility index (Phi) is 6.97. The van der Waals surface area contributed by atoms with Crippen molar-refractivity contribution in [3.05, 3.63) is 90.1 Å². The molecule has 0 atom stereocenters. The summed E-state index contributed by atoms with van der Waals surface area (Å²) in [5.41, 5.74) is 9.68. The first-order chi connectivity index (χ1) is 18.6. The fraction of sp³-hybridized carbons (Fsp3) is 0.312. The van der Waals surface area contributed by atoms with Crippen LogP contribution in [-0.4, -0.2) is 52.9 Å². The third kappa shape index (κ3) is 5.22. The lowest BCUT2D eigenvalue weighted by Crippen LogP contribution is -2.45. The molecule has 38 heavy (non-hydrogen) atoms. The van der Waals surface area contributed by atoms with Crippen molar-refractivity contribution in [2.75, 3.05) is 31.9 Å². The molecule has 2 aliphatic rings. The summed E-state index contributed by atoms with van der Waals surface area (Å²) in [5, 5.41) is 2.31. The molecule has 2 N–H and O–H groups in total. The van der Waals surface area contributed by atoms with E-state index in [2.05, 4.69) is 28.1 Å². The molecule has 0 aliphatic carbocycles. The van der Waals surface area contributed by atoms with E-state index in [9.17, 15) is 4.79 Å². The number of nitrogens with two attached hydrogens (primary N) is 1. The highest BCUT2D eigenvalue weighted by atomic mass is 16.5. The standard InChI is InChI=1S/C32H34N4O2/c33-31-28(22-38-30-12-11-23-5-1-2-6-26(23)20-30)19-27(21-34-31)24-7-9-25(10-8-24)32(37)36-17-13-29(14-18-36)35-15-3-4-16-35/h1-2,5-12,19-21,29H,3-4,13-18,22H2,(H2,33,34). The van der Waals surface area contributed by atoms with Crippen molar-refractivity contribution < 1.29 is 9.53 Å². The summed E-state index contributed by atoms with van der Waals surface area (Å²) in [6.07, 6.45) is 6.55. The molecular formula is C32H34N4O2. The lowest BCUT2D eigenvalue weighted by atomic mass is 10.0. The molecule has 6 nitrogen and oxygen atoms in total. The fourth-order valence-corrected chi connectivity index (χ4v) is 5.74. The number of hydrogen-bond donors (Lipinski definition) is 1. The van der Waals surface area contributed by atoms with E-state index in [0.29, 0.717) is 18.5 Å². The third-order valence-electron chi connectivity index (χ3n) is 7.99. The van der Waals surface area contributed by atoms with Crippen LogP contribution in [0.25, 0.3) is 21.9 Å². The van der Waals surface area contributed by atoms with Crippen molar-refractivity contribution in [2.45, 2.75) is 38.3 Å². The van der Waals surface area contributed by atoms with Crippen molar-refractivity contribution in [3.63, 3.8) is 0 Å². The predicted molar refractivity (Wildman–Crippen MR) is 152 cm³/mol. The molecule has 0 spiro atoms. The van der Waals surface area contributed by atoms with E-state index in [4.69, 9.17) is 10.5 Å². The number of hydrogen-bond acceptors (Lipinski definition) is 5. The van der Waals surface area contributed by atoms with E-state index < -0.39 is 0 Å². The van der Waals surface area contributed by atoms with Crippen molar-refractivity contribution in [1.29, 1.82) is 0 Å². The maximum atomic E-state index is 13.1. The average molecular weight is 507 g/mol. The van der Waals surface area contributed by atoms with E-state index in [0.717, 1.165) is 59.3 Å². The SMILES string of the molecule is Nc1ncc(-c2ccc(C(=O)N3CCC(N4CCCC4)CC3)cc2)cc1COc1ccc2ccccc2c1. The van der Waals surface area contributed by atoms with Crippen LogP contribution in [0.4, 0.5) is 5.82 Å². The maximum absolute atomic E-state index is 13.1. The maximum Gasteiger partial charge on any atom is 0.253 e. The fourth-order valence-electron chi connectivity index (χ4n) is 5.74. The summed E-state index contributed by atoms with van der Waals surface area (Å²) in [6.45, 7) is 4.44. The molecule has 0 saturated carbocycles. The van der Waals surface area contributed by atoms with Gasteiger partial charge in [0.1, 0.15) is 18.2 Å². The number of carbonyl (C=O) groups is 1. The number of nitrogens with zero attached hydrogens (tertiary/aromatic N) is 3. The molecule has 2 saturated heterocycles. The van der Waals surface area contributed by atoms with E-state index in [1.165, 1.54) is 31.3 Å². The highest BCUT2D eigenvalue weighted by Crippen LogP contribution is 2.27. The Morgan fingerprint density at radius 3 is 2.37 bits per heavy atom. The minimum absolute atomic E-state index is 0.122. The second-order valence-corrected chi connectivity index (χ2v) is 10.4. The highest BCUT2D eigenvalue weighted by molar-refractivity contribution is 5.94. The summed E-state index contributed by atoms with van der Waals surface area (Å²) < 4.78 is 6.06. The second kappa shape index (κ2) is 10.8. The molecule has 2 fully saturated rings. The van der Waals surface area contributed by atoms with Crippen LogP contribution in [0.3, 0.4) is 0 Å². The molecule has 6 heteroatoms. The predicted octanol–water partition coefficient (Wildman–Crippen LogP) is 5.76. The first-order valence-electron chi connectivity index (χ1n) is 13.6. The lowest BCUT2D eigenvalue weighted by molar-refractivity contribution is 0.0644. The van der Waals surface area contributed by atoms with Gasteiger partial charge in [-0.05, 0) is 85.4 Å². The molecule has 0 bridgehead atoms. The van der Waals surface area contributed by atoms with Gasteiger partial charge in [0.15, 0.2) is 0 Å². The molecule has 1 amide bonds. The van der Waals surface area contributed by atoms with Crippen LogP contribution in [0.2, 0.25) is 0 Å². The molecule has 194 valence electrons. The Balaban J connectivity index is 1.10. The number of likely N-dealkylation sites (tertiary alicyclic amines) is 2. The zero-order valence-electron chi connectivity index (χ0n) is 21.7. The van der Waals surface area contributed by atoms with Gasteiger partial charge >= 0.3 is 0 Å².